The summed E-state index contributed by atoms with van der Waals surface area (Å²) in [6.45, 7) is 4.07. The number of amides is 12. The largest absolute Gasteiger partial charge is 0.412 e. The summed E-state index contributed by atoms with van der Waals surface area (Å²) in [5.41, 5.74) is 23.0. The first-order valence-electron chi connectivity index (χ1n) is 35.4. The Morgan fingerprint density at radius 3 is 0.991 bits per heavy atom. The highest BCUT2D eigenvalue weighted by Crippen LogP contribution is 2.39. The van der Waals surface area contributed by atoms with Crippen LogP contribution in [0.1, 0.15) is 91.0 Å². The van der Waals surface area contributed by atoms with Crippen LogP contribution in [0.4, 0.5) is 62.1 Å². The molecule has 3 aliphatic rings. The minimum absolute atomic E-state index is 0.0413. The fraction of sp³-hybridized carbons (Fsp3) is 0.272. The number of benzene rings is 5. The summed E-state index contributed by atoms with van der Waals surface area (Å²) in [4.78, 5) is 143. The van der Waals surface area contributed by atoms with Crippen LogP contribution in [0.2, 0.25) is 0 Å². The molecule has 3 fully saturated rings. The number of urea groups is 3. The molecule has 12 rings (SSSR count). The van der Waals surface area contributed by atoms with Gasteiger partial charge in [-0.1, -0.05) is 148 Å². The van der Waals surface area contributed by atoms with Crippen molar-refractivity contribution in [3.8, 4) is 0 Å². The van der Waals surface area contributed by atoms with Crippen LogP contribution in [0.25, 0.3) is 0 Å². The molecule has 9 atom stereocenters. The molecule has 7 heterocycles. The highest BCUT2D eigenvalue weighted by molar-refractivity contribution is 6.15. The summed E-state index contributed by atoms with van der Waals surface area (Å²) in [7, 11) is 4.77. The number of nitrogen functional groups attached to an aromatic ring is 3. The zero-order chi connectivity index (χ0) is 78.1. The van der Waals surface area contributed by atoms with Crippen molar-refractivity contribution in [1.29, 1.82) is 0 Å². The fourth-order valence-electron chi connectivity index (χ4n) is 13.5. The maximum absolute atomic E-state index is 13.8. The van der Waals surface area contributed by atoms with Gasteiger partial charge in [0.15, 0.2) is 6.04 Å². The molecule has 0 bridgehead atoms. The lowest BCUT2D eigenvalue weighted by Gasteiger charge is -2.46. The molecule has 9 N–H and O–H groups in total. The van der Waals surface area contributed by atoms with Gasteiger partial charge in [0, 0.05) is 74.8 Å². The Bertz CT molecular complexity index is 4470. The van der Waals surface area contributed by atoms with Gasteiger partial charge in [0.2, 0.25) is 17.7 Å². The molecule has 564 valence electrons. The van der Waals surface area contributed by atoms with Crippen LogP contribution in [0.5, 0.6) is 0 Å². The molecule has 0 aliphatic carbocycles. The molecule has 3 saturated heterocycles. The number of halogens is 3. The van der Waals surface area contributed by atoms with Gasteiger partial charge in [0.25, 0.3) is 17.7 Å². The molecular weight excluding hydrogens is 1400 g/mol. The number of imide groups is 3. The van der Waals surface area contributed by atoms with Gasteiger partial charge in [0.05, 0.1) is 29.8 Å². The SMILES string of the molecule is CCC[C@@H](NC(=O)N1C(=O)[C@H](Cc2ccnc(N)c2)[C@H]1C(=O)N(C)c1ccccc1)c1ccccc1.CCC[C@H](NC(=O)N1C(=O)[C@H](Cc2ccnc(N)c2)[C@H]1C(=O)N(C)c1ccccc1)c1ccccc1.CN(C(=O)[C@@H]1[C@@H](Cc2ccnc(N)c2)C(=O)N1C(=O)N[C@@H](c1cccnc1)C(F)(F)F)c1ccccc1. The van der Waals surface area contributed by atoms with E-state index in [4.69, 9.17) is 17.2 Å². The monoisotopic (exact) mass is 1480 g/mol. The third-order valence-electron chi connectivity index (χ3n) is 19.1. The third kappa shape index (κ3) is 18.9. The van der Waals surface area contributed by atoms with E-state index in [1.54, 1.807) is 87.2 Å². The fourth-order valence-corrected chi connectivity index (χ4v) is 13.5. The molecule has 0 unspecified atom stereocenters. The average Bonchev–Trinajstić information content (AvgIpc) is 0.752. The van der Waals surface area contributed by atoms with Crippen LogP contribution in [0, 0.1) is 17.8 Å². The van der Waals surface area contributed by atoms with Crippen molar-refractivity contribution in [2.24, 2.45) is 17.8 Å². The van der Waals surface area contributed by atoms with E-state index in [0.717, 1.165) is 57.2 Å². The molecule has 0 spiro atoms. The third-order valence-corrected chi connectivity index (χ3v) is 19.1. The number of alkyl halides is 3. The van der Waals surface area contributed by atoms with Crippen molar-refractivity contribution < 1.29 is 56.3 Å². The number of hydrogen-bond donors (Lipinski definition) is 6. The Labute approximate surface area is 628 Å². The summed E-state index contributed by atoms with van der Waals surface area (Å²) >= 11 is 0. The summed E-state index contributed by atoms with van der Waals surface area (Å²) < 4.78 is 41.5. The van der Waals surface area contributed by atoms with Crippen LogP contribution >= 0.6 is 0 Å². The second kappa shape index (κ2) is 35.9. The first-order valence-corrected chi connectivity index (χ1v) is 35.4. The molecule has 0 saturated carbocycles. The number of nitrogens with zero attached hydrogens (tertiary/aromatic N) is 10. The van der Waals surface area contributed by atoms with Crippen LogP contribution in [0.15, 0.2) is 231 Å². The zero-order valence-electron chi connectivity index (χ0n) is 60.6. The number of aromatic nitrogens is 4. The maximum Gasteiger partial charge on any atom is 0.412 e. The van der Waals surface area contributed by atoms with Crippen molar-refractivity contribution in [3.05, 3.63) is 265 Å². The summed E-state index contributed by atoms with van der Waals surface area (Å²) in [5.74, 6) is -4.30. The van der Waals surface area contributed by atoms with Gasteiger partial charge >= 0.3 is 24.3 Å². The number of likely N-dealkylation sites (tertiary alicyclic amines) is 3. The number of nitrogens with two attached hydrogens (primary N) is 3. The standard InChI is InChI=1S/2C28H31N5O3.C25H23F3N6O3/c2*1-3-10-23(20-11-6-4-7-12-20)31-28(36)33-25(27(35)32(2)21-13-8-5-9-14-21)22(26(33)34)17-19-15-16-30-24(29)18-19;1-33(17-7-3-2-4-8-17)23(36)20-18(12-15-9-11-31-19(29)13-15)22(35)34(20)24(37)32-21(25(26,27)28)16-6-5-10-30-14-16/h2*4-9,11-16,18,22-23,25H,3,10,17H2,1-2H3,(H2,29,30)(H,31,36);2-11,13-14,18,20-21H,12H2,1H3,(H2,29,31)(H,32,37)/t22-,23+,25+;22-,23-,25+;18-,20+,21+/m111/s1. The Hall–Kier alpha value is -12.9. The summed E-state index contributed by atoms with van der Waals surface area (Å²) in [6, 6.07) is 49.9. The van der Waals surface area contributed by atoms with Gasteiger partial charge in [-0.25, -0.2) is 29.3 Å². The molecule has 25 nitrogen and oxygen atoms in total. The van der Waals surface area contributed by atoms with Crippen LogP contribution < -0.4 is 47.9 Å². The smallest absolute Gasteiger partial charge is 0.384 e. The Morgan fingerprint density at radius 1 is 0.422 bits per heavy atom. The summed E-state index contributed by atoms with van der Waals surface area (Å²) in [6.07, 6.45) is 5.68. The molecule has 9 aromatic rings. The first-order chi connectivity index (χ1) is 52.4. The molecule has 12 amide bonds. The minimum Gasteiger partial charge on any atom is -0.384 e. The number of para-hydroxylation sites is 3. The topological polar surface area (TPSA) is 339 Å². The molecule has 28 heteroatoms. The van der Waals surface area contributed by atoms with E-state index in [9.17, 15) is 56.3 Å². The van der Waals surface area contributed by atoms with E-state index in [-0.39, 0.29) is 66.4 Å². The van der Waals surface area contributed by atoms with Crippen molar-refractivity contribution in [2.45, 2.75) is 101 Å². The number of nitrogens with one attached hydrogen (secondary N) is 3. The van der Waals surface area contributed by atoms with E-state index in [0.29, 0.717) is 52.0 Å². The lowest BCUT2D eigenvalue weighted by Crippen LogP contribution is -2.70. The van der Waals surface area contributed by atoms with Crippen LogP contribution in [0.3, 0.4) is 0 Å². The Kier molecular flexibility index (Phi) is 25.9. The predicted octanol–water partition coefficient (Wildman–Crippen LogP) is 11.0. The zero-order valence-corrected chi connectivity index (χ0v) is 60.6. The van der Waals surface area contributed by atoms with Gasteiger partial charge in [-0.3, -0.25) is 48.5 Å². The second-order valence-corrected chi connectivity index (χ2v) is 26.5. The van der Waals surface area contributed by atoms with Gasteiger partial charge < -0.3 is 47.9 Å². The van der Waals surface area contributed by atoms with Crippen molar-refractivity contribution >= 4 is 88.1 Å². The lowest BCUT2D eigenvalue weighted by atomic mass is 9.81. The van der Waals surface area contributed by atoms with Gasteiger partial charge in [-0.15, -0.1) is 0 Å². The second-order valence-electron chi connectivity index (χ2n) is 26.5. The van der Waals surface area contributed by atoms with Gasteiger partial charge in [-0.05, 0) is 139 Å². The number of pyridine rings is 4. The van der Waals surface area contributed by atoms with Crippen molar-refractivity contribution in [2.75, 3.05) is 53.0 Å². The highest BCUT2D eigenvalue weighted by Gasteiger charge is 2.59. The minimum atomic E-state index is -4.87. The van der Waals surface area contributed by atoms with Gasteiger partial charge in [0.1, 0.15) is 35.6 Å². The maximum atomic E-state index is 13.8. The van der Waals surface area contributed by atoms with E-state index in [1.807, 2.05) is 140 Å². The van der Waals surface area contributed by atoms with E-state index in [2.05, 4.69) is 30.6 Å². The first kappa shape index (κ1) is 78.7. The Morgan fingerprint density at radius 2 is 0.716 bits per heavy atom. The quantitative estimate of drug-likeness (QED) is 0.0343. The van der Waals surface area contributed by atoms with Crippen LogP contribution in [-0.4, -0.2) is 134 Å². The van der Waals surface area contributed by atoms with E-state index in [1.165, 1.54) is 46.3 Å². The summed E-state index contributed by atoms with van der Waals surface area (Å²) in [5, 5.41) is 7.84. The molecule has 5 aromatic carbocycles. The molecule has 4 aromatic heterocycles. The molecular formula is C81H85F3N16O9. The molecule has 109 heavy (non-hydrogen) atoms. The number of rotatable bonds is 22. The highest BCUT2D eigenvalue weighted by atomic mass is 19.4. The molecule has 0 radical (unpaired) electrons. The number of carbonyl (C=O) groups excluding carboxylic acids is 9. The number of likely N-dealkylation sites (N-methyl/N-ethyl adjacent to an activating group) is 3. The number of hydrogen-bond acceptors (Lipinski definition) is 16. The number of anilines is 6. The lowest BCUT2D eigenvalue weighted by molar-refractivity contribution is -0.162. The van der Waals surface area contributed by atoms with E-state index < -0.39 is 78.0 Å². The predicted molar refractivity (Wildman–Crippen MR) is 406 cm³/mol. The van der Waals surface area contributed by atoms with E-state index >= 15 is 0 Å². The normalized spacial score (nSPS) is 17.8. The van der Waals surface area contributed by atoms with Crippen molar-refractivity contribution in [1.82, 2.24) is 50.6 Å². The molecule has 3 aliphatic heterocycles. The van der Waals surface area contributed by atoms with Crippen molar-refractivity contribution in [3.63, 3.8) is 0 Å². The Balaban J connectivity index is 0.000000174. The number of carbonyl (C=O) groups is 9. The van der Waals surface area contributed by atoms with Crippen LogP contribution in [-0.2, 0) is 48.0 Å². The number of β-lactam (4-membered cyclic amide) rings is 3. The average molecular weight is 1480 g/mol. The van der Waals surface area contributed by atoms with Gasteiger partial charge in [-0.2, -0.15) is 13.2 Å².